The Morgan fingerprint density at radius 1 is 0.829 bits per heavy atom. The molecule has 35 heavy (non-hydrogen) atoms. The van der Waals surface area contributed by atoms with Gasteiger partial charge < -0.3 is 9.84 Å². The van der Waals surface area contributed by atoms with E-state index in [1.165, 1.54) is 28.3 Å². The third-order valence-corrected chi connectivity index (χ3v) is 6.99. The number of carbonyl (C=O) groups excluding carboxylic acids is 2. The van der Waals surface area contributed by atoms with E-state index in [9.17, 15) is 14.7 Å². The zero-order chi connectivity index (χ0) is 25.8. The Balaban J connectivity index is 1.56. The van der Waals surface area contributed by atoms with Gasteiger partial charge in [0.05, 0.1) is 11.0 Å². The van der Waals surface area contributed by atoms with E-state index in [-0.39, 0.29) is 29.1 Å². The van der Waals surface area contributed by atoms with Crippen LogP contribution in [0.15, 0.2) is 60.7 Å². The Kier molecular flexibility index (Phi) is 5.91. The predicted molar refractivity (Wildman–Crippen MR) is 140 cm³/mol. The van der Waals surface area contributed by atoms with E-state index in [2.05, 4.69) is 50.2 Å². The first-order chi connectivity index (χ1) is 16.2. The lowest BCUT2D eigenvalue weighted by Crippen LogP contribution is -2.38. The Bertz CT molecular complexity index is 1320. The number of hydrogen-bond acceptors (Lipinski definition) is 4. The fourth-order valence-corrected chi connectivity index (χ4v) is 5.18. The van der Waals surface area contributed by atoms with Gasteiger partial charge in [0.25, 0.3) is 0 Å². The van der Waals surface area contributed by atoms with Gasteiger partial charge in [0.1, 0.15) is 18.1 Å². The first-order valence-electron chi connectivity index (χ1n) is 12.0. The number of fused-ring (bicyclic) bond motifs is 3. The second kappa shape index (κ2) is 8.37. The maximum absolute atomic E-state index is 12.7. The van der Waals surface area contributed by atoms with Gasteiger partial charge in [-0.1, -0.05) is 71.0 Å². The quantitative estimate of drug-likeness (QED) is 0.402. The molecule has 0 saturated carbocycles. The van der Waals surface area contributed by atoms with Crippen LogP contribution >= 0.6 is 0 Å². The molecular weight excluding hydrogens is 436 g/mol. The van der Waals surface area contributed by atoms with Crippen molar-refractivity contribution in [1.29, 1.82) is 0 Å². The molecule has 0 atom stereocenters. The molecular formula is C31H34O4. The smallest absolute Gasteiger partial charge is 0.338 e. The van der Waals surface area contributed by atoms with Crippen molar-refractivity contribution < 1.29 is 19.4 Å². The average molecular weight is 471 g/mol. The van der Waals surface area contributed by atoms with Crippen LogP contribution in [-0.2, 0) is 14.9 Å². The molecule has 0 spiro atoms. The second-order valence-corrected chi connectivity index (χ2v) is 11.7. The van der Waals surface area contributed by atoms with Crippen LogP contribution in [0.25, 0.3) is 22.3 Å². The minimum absolute atomic E-state index is 0.0118. The highest BCUT2D eigenvalue weighted by atomic mass is 16.5. The number of ether oxygens (including phenoxy) is 1. The summed E-state index contributed by atoms with van der Waals surface area (Å²) in [5.41, 5.74) is 5.28. The van der Waals surface area contributed by atoms with Crippen LogP contribution in [0.5, 0.6) is 5.75 Å². The summed E-state index contributed by atoms with van der Waals surface area (Å²) < 4.78 is 5.46. The molecule has 182 valence electrons. The van der Waals surface area contributed by atoms with Gasteiger partial charge in [-0.05, 0) is 65.9 Å². The van der Waals surface area contributed by atoms with Crippen molar-refractivity contribution in [3.05, 3.63) is 77.4 Å². The van der Waals surface area contributed by atoms with Crippen molar-refractivity contribution in [2.24, 2.45) is 10.8 Å². The van der Waals surface area contributed by atoms with Crippen molar-refractivity contribution in [2.45, 2.75) is 53.9 Å². The maximum Gasteiger partial charge on any atom is 0.338 e. The molecule has 4 nitrogen and oxygen atoms in total. The molecule has 0 unspecified atom stereocenters. The first-order valence-corrected chi connectivity index (χ1v) is 12.0. The molecule has 0 aromatic heterocycles. The number of hydrogen-bond donors (Lipinski definition) is 1. The number of aromatic hydroxyl groups is 1. The lowest BCUT2D eigenvalue weighted by atomic mass is 9.75. The largest absolute Gasteiger partial charge is 0.507 e. The topological polar surface area (TPSA) is 63.6 Å². The van der Waals surface area contributed by atoms with Crippen LogP contribution in [0.4, 0.5) is 0 Å². The number of rotatable bonds is 5. The second-order valence-electron chi connectivity index (χ2n) is 11.7. The highest BCUT2D eigenvalue weighted by Gasteiger charge is 2.37. The molecule has 0 radical (unpaired) electrons. The third kappa shape index (κ3) is 4.38. The maximum atomic E-state index is 12.7. The molecule has 0 heterocycles. The summed E-state index contributed by atoms with van der Waals surface area (Å²) >= 11 is 0. The molecule has 3 aromatic carbocycles. The van der Waals surface area contributed by atoms with Crippen LogP contribution in [0.3, 0.4) is 0 Å². The highest BCUT2D eigenvalue weighted by Crippen LogP contribution is 2.49. The summed E-state index contributed by atoms with van der Waals surface area (Å²) in [6.07, 6.45) is 0. The molecule has 0 amide bonds. The average Bonchev–Trinajstić information content (AvgIpc) is 3.03. The van der Waals surface area contributed by atoms with E-state index < -0.39 is 16.8 Å². The zero-order valence-corrected chi connectivity index (χ0v) is 21.7. The number of benzene rings is 3. The van der Waals surface area contributed by atoms with E-state index in [0.717, 1.165) is 5.56 Å². The third-order valence-electron chi connectivity index (χ3n) is 6.99. The molecule has 0 fully saturated rings. The van der Waals surface area contributed by atoms with E-state index in [1.54, 1.807) is 26.0 Å². The molecule has 1 aliphatic rings. The van der Waals surface area contributed by atoms with Gasteiger partial charge in [0, 0.05) is 16.4 Å². The number of carbonyl (C=O) groups is 2. The standard InChI is InChI=1S/C31H34O4/c1-29(2,3)28(34)30(4,5)18-35-27(33)20-13-14-21(26(32)17-20)19-12-15-23-22-10-8-9-11-24(22)31(6,7)25(23)16-19/h8-17,32H,18H2,1-7H3. The van der Waals surface area contributed by atoms with Gasteiger partial charge in [-0.25, -0.2) is 4.79 Å². The van der Waals surface area contributed by atoms with Crippen molar-refractivity contribution >= 4 is 11.8 Å². The summed E-state index contributed by atoms with van der Waals surface area (Å²) in [6.45, 7) is 13.5. The van der Waals surface area contributed by atoms with Gasteiger partial charge in [0.15, 0.2) is 0 Å². The Hall–Kier alpha value is -3.40. The Morgan fingerprint density at radius 3 is 2.11 bits per heavy atom. The molecule has 0 aliphatic heterocycles. The van der Waals surface area contributed by atoms with E-state index >= 15 is 0 Å². The number of phenols is 1. The van der Waals surface area contributed by atoms with E-state index in [1.807, 2.05) is 26.8 Å². The van der Waals surface area contributed by atoms with Crippen LogP contribution < -0.4 is 0 Å². The van der Waals surface area contributed by atoms with Crippen LogP contribution in [0, 0.1) is 10.8 Å². The number of phenolic OH excluding ortho intramolecular Hbond substituents is 1. The molecule has 4 heteroatoms. The molecule has 3 aromatic rings. The van der Waals surface area contributed by atoms with E-state index in [4.69, 9.17) is 4.74 Å². The molecule has 1 aliphatic carbocycles. The lowest BCUT2D eigenvalue weighted by Gasteiger charge is -2.30. The van der Waals surface area contributed by atoms with Crippen molar-refractivity contribution in [3.63, 3.8) is 0 Å². The monoisotopic (exact) mass is 470 g/mol. The predicted octanol–water partition coefficient (Wildman–Crippen LogP) is 7.16. The number of ketones is 1. The summed E-state index contributed by atoms with van der Waals surface area (Å²) in [6, 6.07) is 19.5. The lowest BCUT2D eigenvalue weighted by molar-refractivity contribution is -0.137. The minimum atomic E-state index is -0.801. The van der Waals surface area contributed by atoms with Crippen LogP contribution in [0.2, 0.25) is 0 Å². The summed E-state index contributed by atoms with van der Waals surface area (Å²) in [4.78, 5) is 25.3. The van der Waals surface area contributed by atoms with E-state index in [0.29, 0.717) is 5.56 Å². The Morgan fingerprint density at radius 2 is 1.46 bits per heavy atom. The first kappa shape index (κ1) is 24.7. The van der Waals surface area contributed by atoms with Gasteiger partial charge >= 0.3 is 5.97 Å². The summed E-state index contributed by atoms with van der Waals surface area (Å²) in [7, 11) is 0. The van der Waals surface area contributed by atoms with Crippen LogP contribution in [0.1, 0.15) is 70.0 Å². The van der Waals surface area contributed by atoms with Crippen LogP contribution in [-0.4, -0.2) is 23.5 Å². The fraction of sp³-hybridized carbons (Fsp3) is 0.355. The van der Waals surface area contributed by atoms with Gasteiger partial charge in [-0.15, -0.1) is 0 Å². The SMILES string of the molecule is CC(C)(C)C(=O)C(C)(C)COC(=O)c1ccc(-c2ccc3c(c2)C(C)(C)c2ccccc2-3)c(O)c1. The normalized spacial score (nSPS) is 14.3. The van der Waals surface area contributed by atoms with Gasteiger partial charge in [-0.3, -0.25) is 4.79 Å². The number of esters is 1. The van der Waals surface area contributed by atoms with Crippen molar-refractivity contribution in [3.8, 4) is 28.0 Å². The Labute approximate surface area is 208 Å². The van der Waals surface area contributed by atoms with Crippen molar-refractivity contribution in [1.82, 2.24) is 0 Å². The molecule has 4 rings (SSSR count). The fourth-order valence-electron chi connectivity index (χ4n) is 5.18. The molecule has 0 bridgehead atoms. The highest BCUT2D eigenvalue weighted by molar-refractivity contribution is 5.93. The minimum Gasteiger partial charge on any atom is -0.507 e. The summed E-state index contributed by atoms with van der Waals surface area (Å²) in [5.74, 6) is -0.525. The van der Waals surface area contributed by atoms with Crippen molar-refractivity contribution in [2.75, 3.05) is 6.61 Å². The van der Waals surface area contributed by atoms with Gasteiger partial charge in [-0.2, -0.15) is 0 Å². The molecule has 1 N–H and O–H groups in total. The molecule has 0 saturated heterocycles. The summed E-state index contributed by atoms with van der Waals surface area (Å²) in [5, 5.41) is 10.8. The van der Waals surface area contributed by atoms with Gasteiger partial charge in [0.2, 0.25) is 0 Å². The number of Topliss-reactive ketones (excluding diaryl/α,β-unsaturated/α-hetero) is 1. The zero-order valence-electron chi connectivity index (χ0n) is 21.7.